The standard InChI is InChI=1S/C13H14BrN5/c1-18-7-5-16-12(18)4-6-19-11-3-2-9(14)8-10(11)17-13(19)15/h2-3,5,7-8H,4,6H2,1H3,(H2,15,17). The van der Waals surface area contributed by atoms with Crippen LogP contribution in [0.15, 0.2) is 35.1 Å². The SMILES string of the molecule is Cn1ccnc1CCn1c(N)nc2cc(Br)ccc21. The van der Waals surface area contributed by atoms with Crippen molar-refractivity contribution in [3.05, 3.63) is 40.9 Å². The topological polar surface area (TPSA) is 61.7 Å². The highest BCUT2D eigenvalue weighted by molar-refractivity contribution is 9.10. The number of nitrogens with two attached hydrogens (primary N) is 1. The van der Waals surface area contributed by atoms with E-state index in [1.54, 1.807) is 0 Å². The molecule has 0 aliphatic rings. The molecule has 3 aromatic rings. The highest BCUT2D eigenvalue weighted by Gasteiger charge is 2.09. The minimum absolute atomic E-state index is 0.544. The number of fused-ring (bicyclic) bond motifs is 1. The summed E-state index contributed by atoms with van der Waals surface area (Å²) < 4.78 is 5.05. The Labute approximate surface area is 119 Å². The molecule has 6 heteroatoms. The van der Waals surface area contributed by atoms with Gasteiger partial charge in [0, 0.05) is 36.9 Å². The lowest BCUT2D eigenvalue weighted by Gasteiger charge is -2.06. The second-order valence-corrected chi connectivity index (χ2v) is 5.37. The van der Waals surface area contributed by atoms with Crippen molar-refractivity contribution < 1.29 is 0 Å². The lowest BCUT2D eigenvalue weighted by atomic mass is 10.3. The summed E-state index contributed by atoms with van der Waals surface area (Å²) in [5.41, 5.74) is 7.95. The Kier molecular flexibility index (Phi) is 3.02. The Morgan fingerprint density at radius 1 is 1.37 bits per heavy atom. The second-order valence-electron chi connectivity index (χ2n) is 4.46. The first-order chi connectivity index (χ1) is 9.15. The number of anilines is 1. The number of hydrogen-bond acceptors (Lipinski definition) is 3. The molecule has 0 saturated heterocycles. The Morgan fingerprint density at radius 2 is 2.21 bits per heavy atom. The van der Waals surface area contributed by atoms with Crippen LogP contribution in [0.4, 0.5) is 5.95 Å². The van der Waals surface area contributed by atoms with Crippen LogP contribution < -0.4 is 5.73 Å². The van der Waals surface area contributed by atoms with Crippen molar-refractivity contribution in [2.45, 2.75) is 13.0 Å². The molecule has 98 valence electrons. The van der Waals surface area contributed by atoms with E-state index in [4.69, 9.17) is 5.73 Å². The number of nitrogens with zero attached hydrogens (tertiary/aromatic N) is 4. The molecule has 5 nitrogen and oxygen atoms in total. The van der Waals surface area contributed by atoms with Gasteiger partial charge in [0.05, 0.1) is 11.0 Å². The van der Waals surface area contributed by atoms with Gasteiger partial charge in [-0.1, -0.05) is 15.9 Å². The van der Waals surface area contributed by atoms with Gasteiger partial charge in [-0.3, -0.25) is 0 Å². The number of rotatable bonds is 3. The van der Waals surface area contributed by atoms with E-state index in [-0.39, 0.29) is 0 Å². The van der Waals surface area contributed by atoms with Crippen molar-refractivity contribution in [3.8, 4) is 0 Å². The molecule has 2 N–H and O–H groups in total. The largest absolute Gasteiger partial charge is 0.369 e. The molecule has 0 unspecified atom stereocenters. The molecule has 0 fully saturated rings. The van der Waals surface area contributed by atoms with Crippen LogP contribution in [0.5, 0.6) is 0 Å². The van der Waals surface area contributed by atoms with Crippen molar-refractivity contribution in [1.29, 1.82) is 0 Å². The molecule has 19 heavy (non-hydrogen) atoms. The third kappa shape index (κ3) is 2.23. The van der Waals surface area contributed by atoms with E-state index in [2.05, 4.69) is 25.9 Å². The first-order valence-electron chi connectivity index (χ1n) is 6.02. The zero-order valence-electron chi connectivity index (χ0n) is 10.5. The van der Waals surface area contributed by atoms with Crippen molar-refractivity contribution in [1.82, 2.24) is 19.1 Å². The lowest BCUT2D eigenvalue weighted by molar-refractivity contribution is 0.670. The number of halogens is 1. The summed E-state index contributed by atoms with van der Waals surface area (Å²) >= 11 is 3.44. The molecule has 0 saturated carbocycles. The van der Waals surface area contributed by atoms with Gasteiger partial charge in [0.15, 0.2) is 0 Å². The van der Waals surface area contributed by atoms with E-state index in [0.717, 1.165) is 34.3 Å². The van der Waals surface area contributed by atoms with Crippen LogP contribution >= 0.6 is 15.9 Å². The first kappa shape index (κ1) is 12.2. The van der Waals surface area contributed by atoms with Crippen LogP contribution in [0, 0.1) is 0 Å². The smallest absolute Gasteiger partial charge is 0.201 e. The van der Waals surface area contributed by atoms with Gasteiger partial charge >= 0.3 is 0 Å². The maximum absolute atomic E-state index is 5.99. The third-order valence-electron chi connectivity index (χ3n) is 3.22. The molecule has 3 rings (SSSR count). The molecule has 0 bridgehead atoms. The van der Waals surface area contributed by atoms with Gasteiger partial charge in [-0.25, -0.2) is 9.97 Å². The van der Waals surface area contributed by atoms with E-state index in [9.17, 15) is 0 Å². The molecular weight excluding hydrogens is 306 g/mol. The Hall–Kier alpha value is -1.82. The Balaban J connectivity index is 1.92. The summed E-state index contributed by atoms with van der Waals surface area (Å²) in [6.45, 7) is 0.773. The molecule has 2 heterocycles. The third-order valence-corrected chi connectivity index (χ3v) is 3.71. The summed E-state index contributed by atoms with van der Waals surface area (Å²) in [5.74, 6) is 1.58. The minimum atomic E-state index is 0.544. The lowest BCUT2D eigenvalue weighted by Crippen LogP contribution is -2.08. The predicted molar refractivity (Wildman–Crippen MR) is 78.8 cm³/mol. The molecule has 2 aromatic heterocycles. The molecule has 0 spiro atoms. The van der Waals surface area contributed by atoms with Crippen molar-refractivity contribution in [2.24, 2.45) is 7.05 Å². The summed E-state index contributed by atoms with van der Waals surface area (Å²) in [5, 5.41) is 0. The number of benzene rings is 1. The summed E-state index contributed by atoms with van der Waals surface area (Å²) in [4.78, 5) is 8.70. The number of aromatic nitrogens is 4. The van der Waals surface area contributed by atoms with Gasteiger partial charge in [0.25, 0.3) is 0 Å². The maximum Gasteiger partial charge on any atom is 0.201 e. The maximum atomic E-state index is 5.99. The van der Waals surface area contributed by atoms with Gasteiger partial charge in [-0.2, -0.15) is 0 Å². The zero-order valence-corrected chi connectivity index (χ0v) is 12.1. The fourth-order valence-corrected chi connectivity index (χ4v) is 2.55. The molecule has 0 aliphatic carbocycles. The van der Waals surface area contributed by atoms with Gasteiger partial charge in [-0.05, 0) is 18.2 Å². The summed E-state index contributed by atoms with van der Waals surface area (Å²) in [7, 11) is 1.99. The van der Waals surface area contributed by atoms with Crippen molar-refractivity contribution in [2.75, 3.05) is 5.73 Å². The molecule has 0 radical (unpaired) electrons. The van der Waals surface area contributed by atoms with Crippen LogP contribution in [0.3, 0.4) is 0 Å². The predicted octanol–water partition coefficient (Wildman–Crippen LogP) is 2.36. The highest BCUT2D eigenvalue weighted by atomic mass is 79.9. The number of aryl methyl sites for hydroxylation is 3. The van der Waals surface area contributed by atoms with Crippen LogP contribution in [0.25, 0.3) is 11.0 Å². The first-order valence-corrected chi connectivity index (χ1v) is 6.82. The second kappa shape index (κ2) is 4.70. The number of imidazole rings is 2. The van der Waals surface area contributed by atoms with Crippen LogP contribution in [0.2, 0.25) is 0 Å². The van der Waals surface area contributed by atoms with Crippen molar-refractivity contribution >= 4 is 32.9 Å². The van der Waals surface area contributed by atoms with Crippen LogP contribution in [0.1, 0.15) is 5.82 Å². The number of nitrogen functional groups attached to an aromatic ring is 1. The molecular formula is C13H14BrN5. The number of hydrogen-bond donors (Lipinski definition) is 1. The highest BCUT2D eigenvalue weighted by Crippen LogP contribution is 2.22. The summed E-state index contributed by atoms with van der Waals surface area (Å²) in [6.07, 6.45) is 4.58. The molecule has 0 amide bonds. The molecule has 0 aliphatic heterocycles. The van der Waals surface area contributed by atoms with E-state index in [1.807, 2.05) is 46.8 Å². The normalized spacial score (nSPS) is 11.3. The molecule has 0 atom stereocenters. The van der Waals surface area contributed by atoms with Gasteiger partial charge in [0.2, 0.25) is 5.95 Å². The van der Waals surface area contributed by atoms with E-state index < -0.39 is 0 Å². The van der Waals surface area contributed by atoms with Crippen LogP contribution in [-0.2, 0) is 20.0 Å². The average molecular weight is 320 g/mol. The molecule has 1 aromatic carbocycles. The summed E-state index contributed by atoms with van der Waals surface area (Å²) in [6, 6.07) is 6.00. The Morgan fingerprint density at radius 3 is 2.95 bits per heavy atom. The van der Waals surface area contributed by atoms with Gasteiger partial charge < -0.3 is 14.9 Å². The average Bonchev–Trinajstić information content (AvgIpc) is 2.90. The Bertz CT molecular complexity index is 728. The van der Waals surface area contributed by atoms with E-state index >= 15 is 0 Å². The van der Waals surface area contributed by atoms with Crippen molar-refractivity contribution in [3.63, 3.8) is 0 Å². The minimum Gasteiger partial charge on any atom is -0.369 e. The van der Waals surface area contributed by atoms with Gasteiger partial charge in [0.1, 0.15) is 5.82 Å². The van der Waals surface area contributed by atoms with Gasteiger partial charge in [-0.15, -0.1) is 0 Å². The quantitative estimate of drug-likeness (QED) is 0.806. The van der Waals surface area contributed by atoms with E-state index in [0.29, 0.717) is 5.95 Å². The fraction of sp³-hybridized carbons (Fsp3) is 0.231. The van der Waals surface area contributed by atoms with E-state index in [1.165, 1.54) is 0 Å². The fourth-order valence-electron chi connectivity index (χ4n) is 2.21. The monoisotopic (exact) mass is 319 g/mol. The zero-order chi connectivity index (χ0) is 13.4. The van der Waals surface area contributed by atoms with Crippen LogP contribution in [-0.4, -0.2) is 19.1 Å².